The van der Waals surface area contributed by atoms with E-state index in [2.05, 4.69) is 10.3 Å². The van der Waals surface area contributed by atoms with Crippen molar-refractivity contribution in [2.75, 3.05) is 0 Å². The Bertz CT molecular complexity index is 788. The molecule has 27 heavy (non-hydrogen) atoms. The molecular weight excluding hydrogens is 381 g/mol. The van der Waals surface area contributed by atoms with Crippen LogP contribution < -0.4 is 10.1 Å². The van der Waals surface area contributed by atoms with Gasteiger partial charge in [-0.15, -0.1) is 0 Å². The second kappa shape index (κ2) is 8.17. The number of amides is 1. The molecule has 1 amide bonds. The third-order valence-electron chi connectivity index (χ3n) is 4.47. The lowest BCUT2D eigenvalue weighted by Crippen LogP contribution is -2.40. The summed E-state index contributed by atoms with van der Waals surface area (Å²) in [4.78, 5) is 16.4. The molecule has 1 aromatic carbocycles. The lowest BCUT2D eigenvalue weighted by Gasteiger charge is -2.29. The molecule has 144 valence electrons. The van der Waals surface area contributed by atoms with Crippen LogP contribution in [0.15, 0.2) is 42.6 Å². The molecule has 0 aliphatic heterocycles. The maximum absolute atomic E-state index is 13.1. The molecule has 3 rings (SSSR count). The van der Waals surface area contributed by atoms with Crippen LogP contribution in [0.5, 0.6) is 5.88 Å². The van der Waals surface area contributed by atoms with Crippen molar-refractivity contribution in [3.63, 3.8) is 0 Å². The summed E-state index contributed by atoms with van der Waals surface area (Å²) >= 11 is 5.78. The van der Waals surface area contributed by atoms with Gasteiger partial charge in [0.2, 0.25) is 5.88 Å². The fraction of sp³-hybridized carbons (Fsp3) is 0.368. The lowest BCUT2D eigenvalue weighted by atomic mass is 9.92. The zero-order valence-electron chi connectivity index (χ0n) is 14.3. The standard InChI is InChI=1S/C19H18ClF3N2O2/c20-12-5-10-17(24-11-12)27-14-8-6-13(7-9-14)25-18(26)15-3-1-2-4-16(15)19(21,22)23/h1-5,10-11,13-14H,6-9H2,(H,25,26). The van der Waals surface area contributed by atoms with Crippen LogP contribution in [-0.4, -0.2) is 23.0 Å². The second-order valence-corrected chi connectivity index (χ2v) is 6.86. The molecule has 1 fully saturated rings. The highest BCUT2D eigenvalue weighted by molar-refractivity contribution is 6.30. The number of halogens is 4. The van der Waals surface area contributed by atoms with Gasteiger partial charge in [0.15, 0.2) is 0 Å². The summed E-state index contributed by atoms with van der Waals surface area (Å²) in [5.41, 5.74) is -1.28. The van der Waals surface area contributed by atoms with Gasteiger partial charge in [-0.05, 0) is 43.9 Å². The lowest BCUT2D eigenvalue weighted by molar-refractivity contribution is -0.137. The summed E-state index contributed by atoms with van der Waals surface area (Å²) in [7, 11) is 0. The Morgan fingerprint density at radius 1 is 1.11 bits per heavy atom. The van der Waals surface area contributed by atoms with Gasteiger partial charge in [0.25, 0.3) is 5.91 Å². The van der Waals surface area contributed by atoms with E-state index in [0.717, 1.165) is 6.07 Å². The Morgan fingerprint density at radius 3 is 2.44 bits per heavy atom. The Hall–Kier alpha value is -2.28. The van der Waals surface area contributed by atoms with Gasteiger partial charge in [0.05, 0.1) is 16.1 Å². The molecule has 1 aliphatic carbocycles. The smallest absolute Gasteiger partial charge is 0.417 e. The fourth-order valence-electron chi connectivity index (χ4n) is 3.12. The van der Waals surface area contributed by atoms with E-state index in [0.29, 0.717) is 36.6 Å². The van der Waals surface area contributed by atoms with Gasteiger partial charge >= 0.3 is 6.18 Å². The SMILES string of the molecule is O=C(NC1CCC(Oc2ccc(Cl)cn2)CC1)c1ccccc1C(F)(F)F. The number of hydrogen-bond donors (Lipinski definition) is 1. The number of benzene rings is 1. The maximum atomic E-state index is 13.1. The Kier molecular flexibility index (Phi) is 5.89. The first-order valence-corrected chi connectivity index (χ1v) is 8.96. The predicted octanol–water partition coefficient (Wildman–Crippen LogP) is 4.87. The number of alkyl halides is 3. The van der Waals surface area contributed by atoms with Crippen molar-refractivity contribution in [1.82, 2.24) is 10.3 Å². The molecule has 1 aromatic heterocycles. The van der Waals surface area contributed by atoms with Crippen molar-refractivity contribution in [3.05, 3.63) is 58.7 Å². The highest BCUT2D eigenvalue weighted by Crippen LogP contribution is 2.32. The van der Waals surface area contributed by atoms with Gasteiger partial charge < -0.3 is 10.1 Å². The van der Waals surface area contributed by atoms with Crippen molar-refractivity contribution in [2.24, 2.45) is 0 Å². The topological polar surface area (TPSA) is 51.2 Å². The molecule has 0 bridgehead atoms. The number of carbonyl (C=O) groups excluding carboxylic acids is 1. The summed E-state index contributed by atoms with van der Waals surface area (Å²) in [6.07, 6.45) is -0.511. The quantitative estimate of drug-likeness (QED) is 0.799. The van der Waals surface area contributed by atoms with E-state index >= 15 is 0 Å². The summed E-state index contributed by atoms with van der Waals surface area (Å²) < 4.78 is 45.0. The minimum atomic E-state index is -4.56. The monoisotopic (exact) mass is 398 g/mol. The van der Waals surface area contributed by atoms with Crippen LogP contribution in [0.1, 0.15) is 41.6 Å². The number of carbonyl (C=O) groups is 1. The molecule has 4 nitrogen and oxygen atoms in total. The number of nitrogens with zero attached hydrogens (tertiary/aromatic N) is 1. The Morgan fingerprint density at radius 2 is 1.81 bits per heavy atom. The van der Waals surface area contributed by atoms with Gasteiger partial charge in [-0.1, -0.05) is 23.7 Å². The molecule has 1 aliphatic rings. The van der Waals surface area contributed by atoms with Crippen LogP contribution in [0, 0.1) is 0 Å². The van der Waals surface area contributed by atoms with Crippen molar-refractivity contribution >= 4 is 17.5 Å². The zero-order chi connectivity index (χ0) is 19.4. The van der Waals surface area contributed by atoms with E-state index in [4.69, 9.17) is 16.3 Å². The third-order valence-corrected chi connectivity index (χ3v) is 4.70. The first-order valence-electron chi connectivity index (χ1n) is 8.58. The molecule has 8 heteroatoms. The second-order valence-electron chi connectivity index (χ2n) is 6.42. The minimum Gasteiger partial charge on any atom is -0.474 e. The summed E-state index contributed by atoms with van der Waals surface area (Å²) in [6, 6.07) is 7.99. The molecule has 0 spiro atoms. The van der Waals surface area contributed by atoms with Crippen LogP contribution >= 0.6 is 11.6 Å². The van der Waals surface area contributed by atoms with Crippen molar-refractivity contribution in [3.8, 4) is 5.88 Å². The highest BCUT2D eigenvalue weighted by atomic mass is 35.5. The molecule has 0 saturated heterocycles. The van der Waals surface area contributed by atoms with Crippen LogP contribution in [-0.2, 0) is 6.18 Å². The van der Waals surface area contributed by atoms with E-state index in [1.807, 2.05) is 0 Å². The minimum absolute atomic E-state index is 0.0470. The first kappa shape index (κ1) is 19.5. The highest BCUT2D eigenvalue weighted by Gasteiger charge is 2.35. The van der Waals surface area contributed by atoms with Crippen LogP contribution in [0.3, 0.4) is 0 Å². The molecule has 0 atom stereocenters. The van der Waals surface area contributed by atoms with Gasteiger partial charge in [0, 0.05) is 18.3 Å². The van der Waals surface area contributed by atoms with Crippen molar-refractivity contribution in [1.29, 1.82) is 0 Å². The zero-order valence-corrected chi connectivity index (χ0v) is 15.1. The largest absolute Gasteiger partial charge is 0.474 e. The normalized spacial score (nSPS) is 20.1. The maximum Gasteiger partial charge on any atom is 0.417 e. The Balaban J connectivity index is 1.55. The van der Waals surface area contributed by atoms with E-state index in [1.54, 1.807) is 12.1 Å². The molecule has 0 radical (unpaired) electrons. The fourth-order valence-corrected chi connectivity index (χ4v) is 3.23. The van der Waals surface area contributed by atoms with Gasteiger partial charge in [-0.3, -0.25) is 4.79 Å². The van der Waals surface area contributed by atoms with Crippen LogP contribution in [0.2, 0.25) is 5.02 Å². The van der Waals surface area contributed by atoms with E-state index in [-0.39, 0.29) is 17.7 Å². The van der Waals surface area contributed by atoms with Crippen molar-refractivity contribution in [2.45, 2.75) is 44.0 Å². The number of nitrogens with one attached hydrogen (secondary N) is 1. The molecule has 1 heterocycles. The van der Waals surface area contributed by atoms with Gasteiger partial charge in [-0.2, -0.15) is 13.2 Å². The summed E-state index contributed by atoms with van der Waals surface area (Å²) in [5.74, 6) is -0.224. The van der Waals surface area contributed by atoms with E-state index in [1.165, 1.54) is 24.4 Å². The summed E-state index contributed by atoms with van der Waals surface area (Å²) in [5, 5.41) is 3.23. The van der Waals surface area contributed by atoms with Crippen LogP contribution in [0.4, 0.5) is 13.2 Å². The molecule has 1 saturated carbocycles. The Labute approximate surface area is 159 Å². The number of hydrogen-bond acceptors (Lipinski definition) is 3. The number of aromatic nitrogens is 1. The number of pyridine rings is 1. The average Bonchev–Trinajstić information content (AvgIpc) is 2.64. The van der Waals surface area contributed by atoms with Gasteiger partial charge in [0.1, 0.15) is 6.10 Å². The number of ether oxygens (including phenoxy) is 1. The molecule has 2 aromatic rings. The molecular formula is C19H18ClF3N2O2. The van der Waals surface area contributed by atoms with Gasteiger partial charge in [-0.25, -0.2) is 4.98 Å². The first-order chi connectivity index (χ1) is 12.8. The summed E-state index contributed by atoms with van der Waals surface area (Å²) in [6.45, 7) is 0. The number of rotatable bonds is 4. The van der Waals surface area contributed by atoms with E-state index < -0.39 is 17.6 Å². The van der Waals surface area contributed by atoms with E-state index in [9.17, 15) is 18.0 Å². The molecule has 1 N–H and O–H groups in total. The van der Waals surface area contributed by atoms with Crippen molar-refractivity contribution < 1.29 is 22.7 Å². The predicted molar refractivity (Wildman–Crippen MR) is 94.8 cm³/mol. The van der Waals surface area contributed by atoms with Crippen LogP contribution in [0.25, 0.3) is 0 Å². The molecule has 0 unspecified atom stereocenters. The average molecular weight is 399 g/mol. The third kappa shape index (κ3) is 5.13.